The molecule has 0 fully saturated rings. The Labute approximate surface area is 373 Å². The van der Waals surface area contributed by atoms with Crippen molar-refractivity contribution in [3.05, 3.63) is 28.8 Å². The summed E-state index contributed by atoms with van der Waals surface area (Å²) in [7, 11) is -3.61. The second-order valence-electron chi connectivity index (χ2n) is 20.4. The molecule has 0 atom stereocenters. The minimum Gasteiger partial charge on any atom is -0.507 e. The maximum atomic E-state index is 14.0. The number of aromatic hydroxyl groups is 1. The van der Waals surface area contributed by atoms with Crippen LogP contribution in [-0.4, -0.2) is 30.4 Å². The first kappa shape index (κ1) is 56.7. The van der Waals surface area contributed by atoms with Crippen LogP contribution in [0.1, 0.15) is 278 Å². The minimum atomic E-state index is -3.61. The van der Waals surface area contributed by atoms with Crippen molar-refractivity contribution in [3.63, 3.8) is 0 Å². The van der Waals surface area contributed by atoms with E-state index in [9.17, 15) is 14.5 Å². The summed E-state index contributed by atoms with van der Waals surface area (Å²) in [4.78, 5) is 13.3. The van der Waals surface area contributed by atoms with Gasteiger partial charge in [-0.05, 0) is 52.5 Å². The Balaban J connectivity index is 2.50. The Bertz CT molecular complexity index is 1160. The van der Waals surface area contributed by atoms with E-state index in [-0.39, 0.29) is 29.4 Å². The molecule has 1 amide bonds. The van der Waals surface area contributed by atoms with E-state index in [1.165, 1.54) is 167 Å². The SMILES string of the molecule is CCCCCCCCCCCCCCCCCCOP(=O)(CC(=O)NCc1cc(C(C)(C)C)c(O)c(C(C)(C)C)c1)OCCCCCCCCCCCCCCCCCC. The van der Waals surface area contributed by atoms with Gasteiger partial charge in [-0.3, -0.25) is 9.36 Å². The topological polar surface area (TPSA) is 84.9 Å². The molecule has 0 bridgehead atoms. The van der Waals surface area contributed by atoms with E-state index >= 15 is 0 Å². The monoisotopic (exact) mass is 862 g/mol. The first-order chi connectivity index (χ1) is 28.7. The third-order valence-corrected chi connectivity index (χ3v) is 14.0. The van der Waals surface area contributed by atoms with Gasteiger partial charge in [0.05, 0.1) is 13.2 Å². The van der Waals surface area contributed by atoms with Crippen LogP contribution in [0, 0.1) is 0 Å². The number of rotatable bonds is 40. The van der Waals surface area contributed by atoms with Crippen molar-refractivity contribution in [1.29, 1.82) is 0 Å². The van der Waals surface area contributed by atoms with Crippen molar-refractivity contribution in [2.45, 2.75) is 278 Å². The predicted octanol–water partition coefficient (Wildman–Crippen LogP) is 17.4. The van der Waals surface area contributed by atoms with Crippen molar-refractivity contribution in [2.75, 3.05) is 19.4 Å². The van der Waals surface area contributed by atoms with E-state index in [0.717, 1.165) is 55.2 Å². The van der Waals surface area contributed by atoms with Gasteiger partial charge in [0.2, 0.25) is 5.91 Å². The molecule has 0 aromatic heterocycles. The minimum absolute atomic E-state index is 0.263. The average Bonchev–Trinajstić information content (AvgIpc) is 3.19. The van der Waals surface area contributed by atoms with Gasteiger partial charge in [-0.1, -0.05) is 248 Å². The molecule has 0 saturated heterocycles. The summed E-state index contributed by atoms with van der Waals surface area (Å²) in [6, 6.07) is 3.96. The molecular formula is C53H100NO5P. The number of nitrogens with one attached hydrogen (secondary N) is 1. The highest BCUT2D eigenvalue weighted by molar-refractivity contribution is 7.54. The fourth-order valence-electron chi connectivity index (χ4n) is 8.21. The fourth-order valence-corrected chi connectivity index (χ4v) is 9.74. The second kappa shape index (κ2) is 35.0. The summed E-state index contributed by atoms with van der Waals surface area (Å²) >= 11 is 0. The summed E-state index contributed by atoms with van der Waals surface area (Å²) in [5, 5.41) is 14.1. The van der Waals surface area contributed by atoms with Crippen molar-refractivity contribution in [3.8, 4) is 5.75 Å². The van der Waals surface area contributed by atoms with Crippen LogP contribution in [0.4, 0.5) is 0 Å². The third kappa shape index (κ3) is 29.9. The predicted molar refractivity (Wildman–Crippen MR) is 261 cm³/mol. The molecule has 0 aliphatic rings. The molecule has 0 aliphatic heterocycles. The van der Waals surface area contributed by atoms with E-state index in [1.54, 1.807) is 0 Å². The first-order valence-electron chi connectivity index (χ1n) is 25.7. The van der Waals surface area contributed by atoms with Crippen LogP contribution in [0.5, 0.6) is 5.75 Å². The van der Waals surface area contributed by atoms with Gasteiger partial charge in [-0.25, -0.2) is 0 Å². The Morgan fingerprint density at radius 1 is 0.500 bits per heavy atom. The van der Waals surface area contributed by atoms with Crippen LogP contribution in [-0.2, 0) is 35.8 Å². The highest BCUT2D eigenvalue weighted by Crippen LogP contribution is 2.48. The molecule has 352 valence electrons. The molecule has 60 heavy (non-hydrogen) atoms. The molecule has 1 aromatic rings. The number of amides is 1. The maximum absolute atomic E-state index is 14.0. The lowest BCUT2D eigenvalue weighted by Gasteiger charge is -2.28. The van der Waals surface area contributed by atoms with E-state index < -0.39 is 7.60 Å². The number of phenolic OH excluding ortho intramolecular Hbond substituents is 1. The summed E-state index contributed by atoms with van der Waals surface area (Å²) < 4.78 is 26.0. The number of hydrogen-bond donors (Lipinski definition) is 2. The van der Waals surface area contributed by atoms with Crippen LogP contribution >= 0.6 is 7.60 Å². The third-order valence-electron chi connectivity index (χ3n) is 12.2. The normalized spacial score (nSPS) is 12.4. The van der Waals surface area contributed by atoms with Crippen molar-refractivity contribution in [1.82, 2.24) is 5.32 Å². The number of phenols is 1. The fraction of sp³-hybridized carbons (Fsp3) is 0.868. The van der Waals surface area contributed by atoms with Crippen LogP contribution in [0.2, 0.25) is 0 Å². The molecule has 0 radical (unpaired) electrons. The summed E-state index contributed by atoms with van der Waals surface area (Å²) in [5.74, 6) is -0.0143. The zero-order valence-corrected chi connectivity index (χ0v) is 42.0. The summed E-state index contributed by atoms with van der Waals surface area (Å²) in [5.41, 5.74) is 2.10. The molecule has 2 N–H and O–H groups in total. The van der Waals surface area contributed by atoms with Gasteiger partial charge in [0, 0.05) is 6.54 Å². The van der Waals surface area contributed by atoms with E-state index in [1.807, 2.05) is 12.1 Å². The lowest BCUT2D eigenvalue weighted by Crippen LogP contribution is -2.27. The van der Waals surface area contributed by atoms with Crippen molar-refractivity contribution in [2.24, 2.45) is 0 Å². The van der Waals surface area contributed by atoms with Gasteiger partial charge in [0.15, 0.2) is 0 Å². The van der Waals surface area contributed by atoms with Crippen LogP contribution in [0.15, 0.2) is 12.1 Å². The molecule has 6 nitrogen and oxygen atoms in total. The molecule has 1 aromatic carbocycles. The Kier molecular flexibility index (Phi) is 33.1. The second-order valence-corrected chi connectivity index (χ2v) is 22.4. The van der Waals surface area contributed by atoms with Crippen LogP contribution < -0.4 is 5.32 Å². The Morgan fingerprint density at radius 3 is 1.03 bits per heavy atom. The smallest absolute Gasteiger partial charge is 0.340 e. The van der Waals surface area contributed by atoms with Gasteiger partial charge < -0.3 is 19.5 Å². The maximum Gasteiger partial charge on any atom is 0.340 e. The van der Waals surface area contributed by atoms with Crippen LogP contribution in [0.3, 0.4) is 0 Å². The molecule has 7 heteroatoms. The quantitative estimate of drug-likeness (QED) is 0.0507. The number of benzene rings is 1. The average molecular weight is 862 g/mol. The lowest BCUT2D eigenvalue weighted by molar-refractivity contribution is -0.119. The number of unbranched alkanes of at least 4 members (excludes halogenated alkanes) is 30. The molecular weight excluding hydrogens is 762 g/mol. The number of hydrogen-bond acceptors (Lipinski definition) is 5. The van der Waals surface area contributed by atoms with Crippen LogP contribution in [0.25, 0.3) is 0 Å². The van der Waals surface area contributed by atoms with Crippen molar-refractivity contribution < 1.29 is 23.5 Å². The van der Waals surface area contributed by atoms with Gasteiger partial charge >= 0.3 is 7.60 Å². The van der Waals surface area contributed by atoms with Crippen molar-refractivity contribution >= 4 is 13.5 Å². The van der Waals surface area contributed by atoms with Gasteiger partial charge in [0.25, 0.3) is 0 Å². The largest absolute Gasteiger partial charge is 0.507 e. The Morgan fingerprint density at radius 2 is 0.767 bits per heavy atom. The molecule has 0 spiro atoms. The molecule has 0 aliphatic carbocycles. The van der Waals surface area contributed by atoms with E-state index in [2.05, 4.69) is 60.7 Å². The molecule has 1 rings (SSSR count). The zero-order chi connectivity index (χ0) is 44.4. The molecule has 0 heterocycles. The van der Waals surface area contributed by atoms with Gasteiger partial charge in [0.1, 0.15) is 11.9 Å². The Hall–Kier alpha value is -1.36. The lowest BCUT2D eigenvalue weighted by atomic mass is 9.78. The summed E-state index contributed by atoms with van der Waals surface area (Å²) in [6.07, 6.45) is 41.2. The zero-order valence-electron chi connectivity index (χ0n) is 41.1. The highest BCUT2D eigenvalue weighted by Gasteiger charge is 2.30. The molecule has 0 saturated carbocycles. The standard InChI is InChI=1S/C53H100NO5P/c1-9-11-13-15-17-19-21-23-25-27-29-31-33-35-37-39-41-58-60(57,59-42-40-38-36-34-32-30-28-26-24-22-20-18-16-14-12-10-2)46-50(55)54-45-47-43-48(52(3,4)5)51(56)49(44-47)53(6,7)8/h43-44,56H,9-42,45-46H2,1-8H3,(H,54,55). The highest BCUT2D eigenvalue weighted by atomic mass is 31.2. The number of carbonyl (C=O) groups is 1. The van der Waals surface area contributed by atoms with E-state index in [4.69, 9.17) is 9.05 Å². The summed E-state index contributed by atoms with van der Waals surface area (Å²) in [6.45, 7) is 18.0. The molecule has 0 unspecified atom stereocenters. The van der Waals surface area contributed by atoms with Gasteiger partial charge in [-0.2, -0.15) is 0 Å². The number of carbonyl (C=O) groups excluding carboxylic acids is 1. The van der Waals surface area contributed by atoms with E-state index in [0.29, 0.717) is 19.0 Å². The van der Waals surface area contributed by atoms with Gasteiger partial charge in [-0.15, -0.1) is 0 Å². The first-order valence-corrected chi connectivity index (χ1v) is 27.5.